The molecule has 22 heavy (non-hydrogen) atoms. The highest BCUT2D eigenvalue weighted by Gasteiger charge is 2.11. The zero-order valence-corrected chi connectivity index (χ0v) is 12.4. The van der Waals surface area contributed by atoms with Gasteiger partial charge in [0.25, 0.3) is 0 Å². The van der Waals surface area contributed by atoms with Gasteiger partial charge in [-0.25, -0.2) is 4.79 Å². The SMILES string of the molecule is CC(=O)OCc1cccc(Nc2ccccc2C(=O)O)c1C. The number of hydrogen-bond acceptors (Lipinski definition) is 4. The Kier molecular flexibility index (Phi) is 4.78. The van der Waals surface area contributed by atoms with E-state index in [4.69, 9.17) is 4.74 Å². The summed E-state index contributed by atoms with van der Waals surface area (Å²) in [7, 11) is 0. The molecule has 0 saturated heterocycles. The van der Waals surface area contributed by atoms with Gasteiger partial charge in [-0.1, -0.05) is 24.3 Å². The third-order valence-corrected chi connectivity index (χ3v) is 3.30. The molecular weight excluding hydrogens is 282 g/mol. The van der Waals surface area contributed by atoms with Crippen molar-refractivity contribution >= 4 is 23.3 Å². The molecule has 2 aromatic carbocycles. The van der Waals surface area contributed by atoms with Crippen molar-refractivity contribution in [3.8, 4) is 0 Å². The highest BCUT2D eigenvalue weighted by molar-refractivity contribution is 5.95. The number of hydrogen-bond donors (Lipinski definition) is 2. The first-order chi connectivity index (χ1) is 10.5. The summed E-state index contributed by atoms with van der Waals surface area (Å²) in [5.74, 6) is -1.33. The van der Waals surface area contributed by atoms with E-state index in [1.807, 2.05) is 25.1 Å². The van der Waals surface area contributed by atoms with Gasteiger partial charge < -0.3 is 15.2 Å². The average molecular weight is 299 g/mol. The number of anilines is 2. The third-order valence-electron chi connectivity index (χ3n) is 3.30. The van der Waals surface area contributed by atoms with Crippen molar-refractivity contribution in [2.75, 3.05) is 5.32 Å². The smallest absolute Gasteiger partial charge is 0.337 e. The van der Waals surface area contributed by atoms with Crippen molar-refractivity contribution in [2.45, 2.75) is 20.5 Å². The molecular formula is C17H17NO4. The fraction of sp³-hybridized carbons (Fsp3) is 0.176. The Labute approximate surface area is 128 Å². The summed E-state index contributed by atoms with van der Waals surface area (Å²) < 4.78 is 5.02. The number of esters is 1. The van der Waals surface area contributed by atoms with Crippen molar-refractivity contribution in [2.24, 2.45) is 0 Å². The quantitative estimate of drug-likeness (QED) is 0.826. The second-order valence-electron chi connectivity index (χ2n) is 4.85. The van der Waals surface area contributed by atoms with E-state index in [-0.39, 0.29) is 18.1 Å². The summed E-state index contributed by atoms with van der Waals surface area (Å²) in [6, 6.07) is 12.3. The van der Waals surface area contributed by atoms with Crippen LogP contribution in [0.3, 0.4) is 0 Å². The van der Waals surface area contributed by atoms with E-state index in [1.165, 1.54) is 6.92 Å². The normalized spacial score (nSPS) is 10.1. The van der Waals surface area contributed by atoms with E-state index < -0.39 is 5.97 Å². The van der Waals surface area contributed by atoms with Crippen LogP contribution in [0.5, 0.6) is 0 Å². The van der Waals surface area contributed by atoms with Crippen molar-refractivity contribution in [3.05, 3.63) is 59.2 Å². The minimum Gasteiger partial charge on any atom is -0.478 e. The zero-order chi connectivity index (χ0) is 16.1. The average Bonchev–Trinajstić information content (AvgIpc) is 2.48. The molecule has 0 fully saturated rings. The van der Waals surface area contributed by atoms with Gasteiger partial charge in [0.05, 0.1) is 11.3 Å². The monoisotopic (exact) mass is 299 g/mol. The molecule has 0 heterocycles. The van der Waals surface area contributed by atoms with E-state index in [9.17, 15) is 14.7 Å². The van der Waals surface area contributed by atoms with Gasteiger partial charge in [0.1, 0.15) is 6.61 Å². The second-order valence-corrected chi connectivity index (χ2v) is 4.85. The summed E-state index contributed by atoms with van der Waals surface area (Å²) >= 11 is 0. The molecule has 0 aliphatic carbocycles. The molecule has 0 radical (unpaired) electrons. The maximum absolute atomic E-state index is 11.2. The Morgan fingerprint density at radius 2 is 1.77 bits per heavy atom. The number of carboxylic acids is 1. The Morgan fingerprint density at radius 3 is 2.45 bits per heavy atom. The fourth-order valence-electron chi connectivity index (χ4n) is 2.08. The molecule has 0 atom stereocenters. The van der Waals surface area contributed by atoms with Crippen molar-refractivity contribution < 1.29 is 19.4 Å². The van der Waals surface area contributed by atoms with E-state index >= 15 is 0 Å². The fourth-order valence-corrected chi connectivity index (χ4v) is 2.08. The molecule has 0 bridgehead atoms. The van der Waals surface area contributed by atoms with Crippen LogP contribution in [0.25, 0.3) is 0 Å². The summed E-state index contributed by atoms with van der Waals surface area (Å²) in [6.07, 6.45) is 0. The molecule has 2 aromatic rings. The molecule has 5 heteroatoms. The lowest BCUT2D eigenvalue weighted by Crippen LogP contribution is -2.05. The molecule has 2 rings (SSSR count). The number of carbonyl (C=O) groups excluding carboxylic acids is 1. The van der Waals surface area contributed by atoms with Crippen LogP contribution in [0.15, 0.2) is 42.5 Å². The molecule has 5 nitrogen and oxygen atoms in total. The van der Waals surface area contributed by atoms with Gasteiger partial charge >= 0.3 is 11.9 Å². The van der Waals surface area contributed by atoms with Crippen LogP contribution in [0.4, 0.5) is 11.4 Å². The van der Waals surface area contributed by atoms with Crippen LogP contribution in [-0.2, 0) is 16.1 Å². The molecule has 2 N–H and O–H groups in total. The van der Waals surface area contributed by atoms with Gasteiger partial charge in [-0.3, -0.25) is 4.79 Å². The van der Waals surface area contributed by atoms with E-state index in [1.54, 1.807) is 24.3 Å². The zero-order valence-electron chi connectivity index (χ0n) is 12.4. The van der Waals surface area contributed by atoms with Crippen LogP contribution in [0.2, 0.25) is 0 Å². The molecule has 0 aliphatic rings. The third kappa shape index (κ3) is 3.63. The van der Waals surface area contributed by atoms with Gasteiger partial charge in [-0.15, -0.1) is 0 Å². The number of ether oxygens (including phenoxy) is 1. The van der Waals surface area contributed by atoms with Crippen LogP contribution in [0, 0.1) is 6.92 Å². The lowest BCUT2D eigenvalue weighted by molar-refractivity contribution is -0.142. The lowest BCUT2D eigenvalue weighted by Gasteiger charge is -2.14. The van der Waals surface area contributed by atoms with Gasteiger partial charge in [0.15, 0.2) is 0 Å². The molecule has 0 aliphatic heterocycles. The van der Waals surface area contributed by atoms with E-state index in [0.29, 0.717) is 5.69 Å². The minimum atomic E-state index is -0.989. The Bertz CT molecular complexity index is 710. The number of para-hydroxylation sites is 1. The number of rotatable bonds is 5. The van der Waals surface area contributed by atoms with Gasteiger partial charge in [-0.2, -0.15) is 0 Å². The first-order valence-electron chi connectivity index (χ1n) is 6.80. The minimum absolute atomic E-state index is 0.192. The van der Waals surface area contributed by atoms with Gasteiger partial charge in [0, 0.05) is 12.6 Å². The maximum atomic E-state index is 11.2. The Morgan fingerprint density at radius 1 is 1.09 bits per heavy atom. The lowest BCUT2D eigenvalue weighted by atomic mass is 10.1. The summed E-state index contributed by atoms with van der Waals surface area (Å²) in [5, 5.41) is 12.3. The van der Waals surface area contributed by atoms with Gasteiger partial charge in [0.2, 0.25) is 0 Å². The first-order valence-corrected chi connectivity index (χ1v) is 6.80. The summed E-state index contributed by atoms with van der Waals surface area (Å²) in [4.78, 5) is 22.2. The number of benzene rings is 2. The molecule has 0 saturated carbocycles. The second kappa shape index (κ2) is 6.76. The van der Waals surface area contributed by atoms with Crippen LogP contribution in [0.1, 0.15) is 28.4 Å². The predicted octanol–water partition coefficient (Wildman–Crippen LogP) is 3.50. The van der Waals surface area contributed by atoms with Crippen LogP contribution < -0.4 is 5.32 Å². The first kappa shape index (κ1) is 15.6. The molecule has 114 valence electrons. The summed E-state index contributed by atoms with van der Waals surface area (Å²) in [6.45, 7) is 3.45. The molecule has 0 spiro atoms. The predicted molar refractivity (Wildman–Crippen MR) is 83.3 cm³/mol. The highest BCUT2D eigenvalue weighted by Crippen LogP contribution is 2.26. The van der Waals surface area contributed by atoms with Crippen LogP contribution in [-0.4, -0.2) is 17.0 Å². The Hall–Kier alpha value is -2.82. The molecule has 0 unspecified atom stereocenters. The summed E-state index contributed by atoms with van der Waals surface area (Å²) in [5.41, 5.74) is 3.27. The number of nitrogens with one attached hydrogen (secondary N) is 1. The van der Waals surface area contributed by atoms with Crippen molar-refractivity contribution in [1.29, 1.82) is 0 Å². The van der Waals surface area contributed by atoms with Crippen LogP contribution >= 0.6 is 0 Å². The largest absolute Gasteiger partial charge is 0.478 e. The number of carboxylic acid groups (broad SMARTS) is 1. The van der Waals surface area contributed by atoms with E-state index in [0.717, 1.165) is 16.8 Å². The van der Waals surface area contributed by atoms with Gasteiger partial charge in [-0.05, 0) is 36.2 Å². The number of carbonyl (C=O) groups is 2. The van der Waals surface area contributed by atoms with Crippen molar-refractivity contribution in [1.82, 2.24) is 0 Å². The standard InChI is InChI=1S/C17H17NO4/c1-11-13(10-22-12(2)19)6-5-9-15(11)18-16-8-4-3-7-14(16)17(20)21/h3-9,18H,10H2,1-2H3,(H,20,21). The topological polar surface area (TPSA) is 75.6 Å². The highest BCUT2D eigenvalue weighted by atomic mass is 16.5. The molecule has 0 amide bonds. The number of aromatic carboxylic acids is 1. The van der Waals surface area contributed by atoms with E-state index in [2.05, 4.69) is 5.32 Å². The molecule has 0 aromatic heterocycles. The Balaban J connectivity index is 2.29. The van der Waals surface area contributed by atoms with Crippen molar-refractivity contribution in [3.63, 3.8) is 0 Å². The maximum Gasteiger partial charge on any atom is 0.337 e.